The summed E-state index contributed by atoms with van der Waals surface area (Å²) in [7, 11) is 0. The second-order valence-corrected chi connectivity index (χ2v) is 9.85. The van der Waals surface area contributed by atoms with E-state index in [0.29, 0.717) is 6.42 Å². The fourth-order valence-corrected chi connectivity index (χ4v) is 7.32. The summed E-state index contributed by atoms with van der Waals surface area (Å²) < 4.78 is 0. The minimum Gasteiger partial charge on any atom is -0.393 e. The largest absolute Gasteiger partial charge is 0.393 e. The van der Waals surface area contributed by atoms with Gasteiger partial charge in [-0.05, 0) is 49.4 Å². The third-order valence-corrected chi connectivity index (χ3v) is 8.99. The molecule has 0 saturated heterocycles. The normalized spacial score (nSPS) is 58.8. The Labute approximate surface area is 156 Å². The minimum absolute atomic E-state index is 0.0513. The molecule has 3 saturated carbocycles. The Bertz CT molecular complexity index is 680. The van der Waals surface area contributed by atoms with E-state index in [1.54, 1.807) is 0 Å². The average Bonchev–Trinajstić information content (AvgIpc) is 2.75. The van der Waals surface area contributed by atoms with E-state index in [1.165, 1.54) is 5.57 Å². The number of hydrogen-bond acceptors (Lipinski definition) is 4. The number of rotatable bonds is 0. The monoisotopic (exact) mass is 360 g/mol. The van der Waals surface area contributed by atoms with Gasteiger partial charge in [-0.25, -0.2) is 0 Å². The van der Waals surface area contributed by atoms with Gasteiger partial charge in [0.05, 0.1) is 18.3 Å². The molecule has 4 rings (SSSR count). The summed E-state index contributed by atoms with van der Waals surface area (Å²) in [5, 5.41) is 43.5. The summed E-state index contributed by atoms with van der Waals surface area (Å²) in [6.45, 7) is 6.09. The Morgan fingerprint density at radius 3 is 2.50 bits per heavy atom. The lowest BCUT2D eigenvalue weighted by atomic mass is 9.46. The molecule has 26 heavy (non-hydrogen) atoms. The van der Waals surface area contributed by atoms with Crippen LogP contribution in [0.5, 0.6) is 0 Å². The lowest BCUT2D eigenvalue weighted by Crippen LogP contribution is -2.58. The standard InChI is InChI=1S/C22H32O4/c1-5-22(26)12(2)19(25)18-17-15(7-9-21(18,22)4)20(3)8-6-14(23)10-13(20)11-16(17)24/h1,11-12,14-19,23-26H,6-10H2,2-4H3/t12-,14-,15?,16+,17?,18?,19+,20+,21+,22+/m1/s1. The van der Waals surface area contributed by atoms with Gasteiger partial charge >= 0.3 is 0 Å². The molecule has 4 aliphatic rings. The Balaban J connectivity index is 1.81. The quantitative estimate of drug-likeness (QED) is 0.393. The summed E-state index contributed by atoms with van der Waals surface area (Å²) in [6.07, 6.45) is 9.91. The zero-order valence-electron chi connectivity index (χ0n) is 16.0. The highest BCUT2D eigenvalue weighted by Gasteiger charge is 2.70. The molecule has 10 atom stereocenters. The molecule has 4 nitrogen and oxygen atoms in total. The molecule has 0 aromatic heterocycles. The van der Waals surface area contributed by atoms with E-state index in [2.05, 4.69) is 12.8 Å². The maximum absolute atomic E-state index is 11.3. The van der Waals surface area contributed by atoms with E-state index in [-0.39, 0.29) is 29.3 Å². The summed E-state index contributed by atoms with van der Waals surface area (Å²) in [6, 6.07) is 0. The van der Waals surface area contributed by atoms with Crippen LogP contribution in [0.1, 0.15) is 52.9 Å². The molecule has 4 N–H and O–H groups in total. The van der Waals surface area contributed by atoms with Crippen LogP contribution >= 0.6 is 0 Å². The van der Waals surface area contributed by atoms with Gasteiger partial charge < -0.3 is 20.4 Å². The van der Waals surface area contributed by atoms with Gasteiger partial charge in [0.15, 0.2) is 0 Å². The number of hydrogen-bond donors (Lipinski definition) is 4. The third kappa shape index (κ3) is 2.01. The summed E-state index contributed by atoms with van der Waals surface area (Å²) in [5.41, 5.74) is -0.834. The lowest BCUT2D eigenvalue weighted by molar-refractivity contribution is -0.136. The molecule has 0 amide bonds. The van der Waals surface area contributed by atoms with Crippen molar-refractivity contribution in [2.75, 3.05) is 0 Å². The highest BCUT2D eigenvalue weighted by molar-refractivity contribution is 5.32. The second kappa shape index (κ2) is 5.58. The van der Waals surface area contributed by atoms with Gasteiger partial charge in [0.1, 0.15) is 5.60 Å². The maximum Gasteiger partial charge on any atom is 0.135 e. The zero-order chi connectivity index (χ0) is 19.1. The molecule has 4 aliphatic carbocycles. The van der Waals surface area contributed by atoms with E-state index in [1.807, 2.05) is 19.9 Å². The van der Waals surface area contributed by atoms with Crippen LogP contribution in [0.3, 0.4) is 0 Å². The minimum atomic E-state index is -1.35. The highest BCUT2D eigenvalue weighted by Crippen LogP contribution is 2.68. The Morgan fingerprint density at radius 2 is 1.85 bits per heavy atom. The fourth-order valence-electron chi connectivity index (χ4n) is 7.32. The number of aliphatic hydroxyl groups is 4. The van der Waals surface area contributed by atoms with Gasteiger partial charge in [-0.2, -0.15) is 0 Å². The molecule has 0 radical (unpaired) electrons. The molecule has 144 valence electrons. The lowest BCUT2D eigenvalue weighted by Gasteiger charge is -2.59. The average molecular weight is 360 g/mol. The first-order valence-corrected chi connectivity index (χ1v) is 10.1. The molecule has 4 heteroatoms. The molecule has 3 unspecified atom stereocenters. The van der Waals surface area contributed by atoms with Crippen LogP contribution in [0.4, 0.5) is 0 Å². The molecule has 3 fully saturated rings. The van der Waals surface area contributed by atoms with Crippen molar-refractivity contribution in [1.29, 1.82) is 0 Å². The number of aliphatic hydroxyl groups excluding tert-OH is 3. The number of terminal acetylenes is 1. The maximum atomic E-state index is 11.3. The summed E-state index contributed by atoms with van der Waals surface area (Å²) in [5.74, 6) is 2.09. The van der Waals surface area contributed by atoms with Crippen molar-refractivity contribution in [2.45, 2.75) is 76.8 Å². The smallest absolute Gasteiger partial charge is 0.135 e. The van der Waals surface area contributed by atoms with E-state index in [9.17, 15) is 20.4 Å². The van der Waals surface area contributed by atoms with E-state index in [4.69, 9.17) is 6.42 Å². The first-order valence-electron chi connectivity index (χ1n) is 10.1. The van der Waals surface area contributed by atoms with Gasteiger partial charge in [-0.1, -0.05) is 38.3 Å². The zero-order valence-corrected chi connectivity index (χ0v) is 16.0. The van der Waals surface area contributed by atoms with Crippen molar-refractivity contribution < 1.29 is 20.4 Å². The van der Waals surface area contributed by atoms with Crippen LogP contribution in [0, 0.1) is 46.8 Å². The third-order valence-electron chi connectivity index (χ3n) is 8.99. The van der Waals surface area contributed by atoms with Crippen molar-refractivity contribution in [3.8, 4) is 12.3 Å². The molecular formula is C22H32O4. The van der Waals surface area contributed by atoms with Crippen molar-refractivity contribution in [2.24, 2.45) is 34.5 Å². The van der Waals surface area contributed by atoms with E-state index >= 15 is 0 Å². The first kappa shape index (κ1) is 18.5. The topological polar surface area (TPSA) is 80.9 Å². The second-order valence-electron chi connectivity index (χ2n) is 9.85. The van der Waals surface area contributed by atoms with Crippen LogP contribution in [-0.2, 0) is 0 Å². The molecule has 0 aromatic carbocycles. The van der Waals surface area contributed by atoms with Crippen molar-refractivity contribution in [1.82, 2.24) is 0 Å². The highest BCUT2D eigenvalue weighted by atomic mass is 16.3. The van der Waals surface area contributed by atoms with Gasteiger partial charge in [-0.15, -0.1) is 6.42 Å². The Morgan fingerprint density at radius 1 is 1.15 bits per heavy atom. The van der Waals surface area contributed by atoms with Crippen LogP contribution in [-0.4, -0.2) is 44.3 Å². The van der Waals surface area contributed by atoms with Crippen LogP contribution in [0.15, 0.2) is 11.6 Å². The number of fused-ring (bicyclic) bond motifs is 5. The van der Waals surface area contributed by atoms with E-state index in [0.717, 1.165) is 25.7 Å². The molecule has 0 aliphatic heterocycles. The van der Waals surface area contributed by atoms with Crippen LogP contribution < -0.4 is 0 Å². The molecule has 0 spiro atoms. The van der Waals surface area contributed by atoms with Gasteiger partial charge in [-0.3, -0.25) is 0 Å². The van der Waals surface area contributed by atoms with E-state index < -0.39 is 29.1 Å². The van der Waals surface area contributed by atoms with Gasteiger partial charge in [0, 0.05) is 17.3 Å². The van der Waals surface area contributed by atoms with Crippen LogP contribution in [0.2, 0.25) is 0 Å². The first-order chi connectivity index (χ1) is 12.1. The fraction of sp³-hybridized carbons (Fsp3) is 0.818. The van der Waals surface area contributed by atoms with Crippen molar-refractivity contribution in [3.63, 3.8) is 0 Å². The van der Waals surface area contributed by atoms with Gasteiger partial charge in [0.25, 0.3) is 0 Å². The molecule has 0 aromatic rings. The Hall–Kier alpha value is -0.860. The van der Waals surface area contributed by atoms with Crippen molar-refractivity contribution in [3.05, 3.63) is 11.6 Å². The Kier molecular flexibility index (Phi) is 3.97. The van der Waals surface area contributed by atoms with Gasteiger partial charge in [0.2, 0.25) is 0 Å². The summed E-state index contributed by atoms with van der Waals surface area (Å²) >= 11 is 0. The summed E-state index contributed by atoms with van der Waals surface area (Å²) in [4.78, 5) is 0. The predicted octanol–water partition coefficient (Wildman–Crippen LogP) is 1.86. The molecule has 0 heterocycles. The SMILES string of the molecule is C#C[C@]1(O)[C@H](C)[C@H](O)C2C3C(CC[C@@]21C)[C@@]1(C)CC[C@@H](O)CC1=C[C@@H]3O. The van der Waals surface area contributed by atoms with Crippen molar-refractivity contribution >= 4 is 0 Å². The molecule has 0 bridgehead atoms. The molecular weight excluding hydrogens is 328 g/mol. The van der Waals surface area contributed by atoms with Crippen LogP contribution in [0.25, 0.3) is 0 Å². The predicted molar refractivity (Wildman–Crippen MR) is 98.8 cm³/mol.